The van der Waals surface area contributed by atoms with Crippen LogP contribution < -0.4 is 30.1 Å². The summed E-state index contributed by atoms with van der Waals surface area (Å²) in [6.07, 6.45) is 1.32. The molecule has 0 aliphatic carbocycles. The third kappa shape index (κ3) is 27.7. The number of hydrogen-bond donors (Lipinski definition) is 4. The largest absolute Gasteiger partial charge is 1.00 e. The topological polar surface area (TPSA) is 268 Å². The number of nitrogens with two attached hydrogens (primary N) is 1. The van der Waals surface area contributed by atoms with Gasteiger partial charge in [-0.3, -0.25) is 4.79 Å². The number of carbonyl (C=O) groups excluding carboxylic acids is 4. The van der Waals surface area contributed by atoms with Crippen molar-refractivity contribution < 1.29 is 77.7 Å². The SMILES string of the molecule is COC(=O)c1cccc(-c2nc(CBr)cs2)c1.COC(=O)c1cccc(-c2nc(Cc3ccc(Cl)c(Cl)c3)cs2)c1.COC(=O)c1cccc(C(N)=S)c1.O=C(CBr)CBr.O=C(O)c1cccc(-c2nc(Cc3ccc(Cl)c(Cl)c3)cs2)c1.OB(O)c1ccc(Cl)c(Cl)c1.[Li+].[OH-]. The van der Waals surface area contributed by atoms with E-state index in [1.54, 1.807) is 90.2 Å². The number of halogens is 9. The number of esters is 3. The van der Waals surface area contributed by atoms with Gasteiger partial charge >= 0.3 is 49.9 Å². The van der Waals surface area contributed by atoms with Gasteiger partial charge in [0.25, 0.3) is 0 Å². The number of alkyl halides is 3. The molecule has 0 saturated heterocycles. The van der Waals surface area contributed by atoms with Crippen LogP contribution in [0.1, 0.15) is 75.2 Å². The van der Waals surface area contributed by atoms with Crippen molar-refractivity contribution in [2.45, 2.75) is 18.2 Å². The number of Topliss-reactive ketones (excluding diaryl/α,β-unsaturated/α-hetero) is 1. The Bertz CT molecular complexity index is 4250. The molecule has 0 saturated carbocycles. The molecule has 0 aliphatic heterocycles. The van der Waals surface area contributed by atoms with Crippen molar-refractivity contribution in [1.29, 1.82) is 0 Å². The second-order valence-corrected chi connectivity index (χ2v) is 25.9. The molecule has 496 valence electrons. The number of carboxylic acids is 1. The van der Waals surface area contributed by atoms with Gasteiger partial charge in [-0.2, -0.15) is 0 Å². The molecule has 0 spiro atoms. The molecular formula is C65H53BBr3Cl6LiN4O12S4. The molecule has 3 aromatic heterocycles. The molecule has 0 amide bonds. The number of benzene rings is 7. The zero-order valence-electron chi connectivity index (χ0n) is 50.8. The number of ether oxygens (including phenoxy) is 3. The van der Waals surface area contributed by atoms with E-state index in [1.807, 2.05) is 70.7 Å². The number of hydrogen-bond acceptors (Lipinski definition) is 18. The average molecular weight is 1680 g/mol. The molecule has 10 aromatic rings. The number of aromatic carboxylic acids is 1. The third-order valence-corrected chi connectivity index (χ3v) is 19.2. The summed E-state index contributed by atoms with van der Waals surface area (Å²) < 4.78 is 14.0. The van der Waals surface area contributed by atoms with E-state index in [2.05, 4.69) is 67.5 Å². The summed E-state index contributed by atoms with van der Waals surface area (Å²) >= 11 is 53.8. The molecule has 16 nitrogen and oxygen atoms in total. The number of methoxy groups -OCH3 is 3. The second-order valence-electron chi connectivity index (χ2n) is 18.7. The molecule has 31 heteroatoms. The van der Waals surface area contributed by atoms with Gasteiger partial charge in [0.1, 0.15) is 20.0 Å². The molecule has 10 rings (SSSR count). The Morgan fingerprint density at radius 1 is 0.490 bits per heavy atom. The predicted molar refractivity (Wildman–Crippen MR) is 398 cm³/mol. The Morgan fingerprint density at radius 3 is 1.17 bits per heavy atom. The van der Waals surface area contributed by atoms with Crippen molar-refractivity contribution in [3.63, 3.8) is 0 Å². The Hall–Kier alpha value is -5.41. The summed E-state index contributed by atoms with van der Waals surface area (Å²) in [5, 5.41) is 39.5. The molecule has 0 fully saturated rings. The first kappa shape index (κ1) is 84.8. The van der Waals surface area contributed by atoms with Crippen molar-refractivity contribution in [3.05, 3.63) is 254 Å². The fourth-order valence-corrected chi connectivity index (χ4v) is 12.4. The molecule has 0 aliphatic rings. The van der Waals surface area contributed by atoms with E-state index in [-0.39, 0.29) is 52.6 Å². The van der Waals surface area contributed by atoms with Gasteiger partial charge in [-0.05, 0) is 102 Å². The summed E-state index contributed by atoms with van der Waals surface area (Å²) in [4.78, 5) is 69.2. The molecule has 3 heterocycles. The molecule has 0 unspecified atom stereocenters. The first-order chi connectivity index (χ1) is 44.9. The Balaban J connectivity index is 0.000000312. The minimum absolute atomic E-state index is 0. The number of nitrogens with zero attached hydrogens (tertiary/aromatic N) is 3. The minimum atomic E-state index is -1.50. The first-order valence-corrected chi connectivity index (χ1v) is 35.5. The number of carbonyl (C=O) groups is 5. The Kier molecular flexibility index (Phi) is 38.8. The number of rotatable bonds is 16. The van der Waals surface area contributed by atoms with E-state index in [9.17, 15) is 24.0 Å². The van der Waals surface area contributed by atoms with Gasteiger partial charge in [0.15, 0.2) is 5.78 Å². The van der Waals surface area contributed by atoms with Crippen molar-refractivity contribution in [1.82, 2.24) is 15.0 Å². The fourth-order valence-electron chi connectivity index (χ4n) is 7.47. The van der Waals surface area contributed by atoms with Gasteiger partial charge in [-0.1, -0.05) is 196 Å². The minimum Gasteiger partial charge on any atom is -0.870 e. The maximum Gasteiger partial charge on any atom is 1.00 e. The maximum atomic E-state index is 11.6. The van der Waals surface area contributed by atoms with Gasteiger partial charge in [-0.25, -0.2) is 34.1 Å². The third-order valence-electron chi connectivity index (χ3n) is 12.1. The van der Waals surface area contributed by atoms with Gasteiger partial charge in [-0.15, -0.1) is 34.0 Å². The van der Waals surface area contributed by atoms with Crippen LogP contribution in [0.3, 0.4) is 0 Å². The predicted octanol–water partition coefficient (Wildman–Crippen LogP) is 14.3. The molecular weight excluding hydrogens is 1630 g/mol. The van der Waals surface area contributed by atoms with Crippen molar-refractivity contribution >= 4 is 211 Å². The summed E-state index contributed by atoms with van der Waals surface area (Å²) in [5.74, 6) is -1.85. The van der Waals surface area contributed by atoms with E-state index in [0.29, 0.717) is 81.4 Å². The van der Waals surface area contributed by atoms with Crippen LogP contribution in [0, 0.1) is 0 Å². The Labute approximate surface area is 638 Å². The second kappa shape index (κ2) is 43.9. The monoisotopic (exact) mass is 1670 g/mol. The standard InChI is InChI=1S/C18H13Cl2NO2S.C17H11Cl2NO2S.C12H10BrNO2S.C9H9NO2S.C6H5BCl2O2.C3H4Br2O.Li.H2O/c1-23-18(22)13-4-2-3-12(9-13)17-21-14(10-24-17)7-11-5-6-15(19)16(20)8-11;18-14-5-4-10(7-15(14)19)6-13-9-23-16(20-13)11-2-1-3-12(8-11)17(21)22;1-16-12(15)9-4-2-3-8(5-9)11-14-10(6-13)7-17-11;1-12-9(11)7-4-2-3-6(5-7)8(10)13;8-5-2-1-4(7(10)11)3-6(5)9;4-1-3(6)2-5;;/h2-6,8-10H,7H2,1H3;1-5,7-9H,6H2,(H,21,22);2-5,7H,6H2,1H3;2-5H,1H3,(H2,10,13);1-3,10-11H;1-2H2;;1H2/q;;;;;;+1;/p-1. The zero-order valence-corrected chi connectivity index (χ0v) is 63.3. The van der Waals surface area contributed by atoms with Crippen molar-refractivity contribution in [2.24, 2.45) is 5.73 Å². The molecule has 7 aromatic carbocycles. The van der Waals surface area contributed by atoms with Gasteiger partial charge < -0.3 is 40.6 Å². The van der Waals surface area contributed by atoms with Crippen LogP contribution in [0.25, 0.3) is 31.7 Å². The molecule has 0 bridgehead atoms. The Morgan fingerprint density at radius 2 is 0.833 bits per heavy atom. The zero-order chi connectivity index (χ0) is 69.0. The van der Waals surface area contributed by atoms with Crippen LogP contribution in [-0.4, -0.2) is 109 Å². The number of thiocarbonyl (C=S) groups is 1. The number of ketones is 1. The smallest absolute Gasteiger partial charge is 0.870 e. The molecule has 0 radical (unpaired) electrons. The van der Waals surface area contributed by atoms with Crippen molar-refractivity contribution in [2.75, 3.05) is 32.0 Å². The maximum absolute atomic E-state index is 11.6. The average Bonchev–Trinajstić information content (AvgIpc) is 1.80. The van der Waals surface area contributed by atoms with E-state index >= 15 is 0 Å². The van der Waals surface area contributed by atoms with Crippen molar-refractivity contribution in [3.8, 4) is 31.7 Å². The number of thiazole rings is 3. The van der Waals surface area contributed by atoms with Crippen LogP contribution in [0.2, 0.25) is 30.1 Å². The fraction of sp³-hybridized carbons (Fsp3) is 0.123. The molecule has 6 N–H and O–H groups in total. The number of carboxylic acid groups (broad SMARTS) is 1. The van der Waals surface area contributed by atoms with E-state index < -0.39 is 19.1 Å². The van der Waals surface area contributed by atoms with E-state index in [0.717, 1.165) is 65.3 Å². The summed E-state index contributed by atoms with van der Waals surface area (Å²) in [7, 11) is 2.58. The number of aromatic nitrogens is 3. The normalized spacial score (nSPS) is 9.94. The van der Waals surface area contributed by atoms with Crippen LogP contribution >= 0.6 is 164 Å². The molecule has 96 heavy (non-hydrogen) atoms. The van der Waals surface area contributed by atoms with Crippen LogP contribution in [0.15, 0.2) is 168 Å². The van der Waals surface area contributed by atoms with Gasteiger partial charge in [0.2, 0.25) is 0 Å². The summed E-state index contributed by atoms with van der Waals surface area (Å²) in [6, 6.07) is 43.5. The van der Waals surface area contributed by atoms with Gasteiger partial charge in [0, 0.05) is 56.6 Å². The van der Waals surface area contributed by atoms with Crippen LogP contribution in [0.5, 0.6) is 0 Å². The van der Waals surface area contributed by atoms with E-state index in [4.69, 9.17) is 112 Å². The van der Waals surface area contributed by atoms with Crippen LogP contribution in [-0.2, 0) is 37.2 Å². The quantitative estimate of drug-likeness (QED) is 0.0230. The summed E-state index contributed by atoms with van der Waals surface area (Å²) in [5.41, 5.74) is 15.7. The summed E-state index contributed by atoms with van der Waals surface area (Å²) in [6.45, 7) is 0. The van der Waals surface area contributed by atoms with Gasteiger partial charge in [0.05, 0.1) is 101 Å². The van der Waals surface area contributed by atoms with E-state index in [1.165, 1.54) is 62.2 Å². The van der Waals surface area contributed by atoms with Crippen LogP contribution in [0.4, 0.5) is 0 Å². The first-order valence-electron chi connectivity index (χ1n) is 26.8. The molecule has 0 atom stereocenters.